The van der Waals surface area contributed by atoms with Crippen molar-refractivity contribution in [3.63, 3.8) is 0 Å². The molecule has 2 aromatic rings. The molecule has 4 nitrogen and oxygen atoms in total. The fourth-order valence-electron chi connectivity index (χ4n) is 3.13. The van der Waals surface area contributed by atoms with Crippen molar-refractivity contribution in [3.05, 3.63) is 70.8 Å². The van der Waals surface area contributed by atoms with Crippen LogP contribution in [-0.2, 0) is 6.42 Å². The fourth-order valence-corrected chi connectivity index (χ4v) is 3.13. The van der Waals surface area contributed by atoms with Gasteiger partial charge in [-0.15, -0.1) is 0 Å². The molecule has 0 aliphatic carbocycles. The summed E-state index contributed by atoms with van der Waals surface area (Å²) in [5.74, 6) is -2.55. The molecule has 1 heterocycles. The predicted octanol–water partition coefficient (Wildman–Crippen LogP) is 3.37. The summed E-state index contributed by atoms with van der Waals surface area (Å²) >= 11 is 0. The van der Waals surface area contributed by atoms with Gasteiger partial charge in [-0.2, -0.15) is 0 Å². The molecule has 130 valence electrons. The van der Waals surface area contributed by atoms with Gasteiger partial charge in [0.1, 0.15) is 11.6 Å². The SMILES string of the molecule is O=C(O)c1ccc(C(=O)N2CCC(Cc3ccc(F)cc3)C2)c(F)c1. The van der Waals surface area contributed by atoms with Gasteiger partial charge in [-0.1, -0.05) is 12.1 Å². The van der Waals surface area contributed by atoms with Gasteiger partial charge < -0.3 is 10.0 Å². The number of carboxylic acids is 1. The van der Waals surface area contributed by atoms with E-state index in [9.17, 15) is 18.4 Å². The number of carbonyl (C=O) groups is 2. The minimum atomic E-state index is -1.24. The number of hydrogen-bond acceptors (Lipinski definition) is 2. The molecule has 1 unspecified atom stereocenters. The molecule has 0 aromatic heterocycles. The minimum Gasteiger partial charge on any atom is -0.478 e. The van der Waals surface area contributed by atoms with Crippen molar-refractivity contribution in [2.45, 2.75) is 12.8 Å². The zero-order valence-corrected chi connectivity index (χ0v) is 13.4. The Morgan fingerprint density at radius 1 is 1.12 bits per heavy atom. The topological polar surface area (TPSA) is 57.6 Å². The Morgan fingerprint density at radius 3 is 2.48 bits per heavy atom. The Morgan fingerprint density at radius 2 is 1.84 bits per heavy atom. The average molecular weight is 345 g/mol. The van der Waals surface area contributed by atoms with Crippen LogP contribution < -0.4 is 0 Å². The van der Waals surface area contributed by atoms with E-state index in [1.54, 1.807) is 17.0 Å². The van der Waals surface area contributed by atoms with Crippen molar-refractivity contribution in [3.8, 4) is 0 Å². The zero-order valence-electron chi connectivity index (χ0n) is 13.4. The Bertz CT molecular complexity index is 805. The molecule has 0 bridgehead atoms. The molecule has 2 aromatic carbocycles. The molecule has 0 spiro atoms. The Balaban J connectivity index is 1.66. The number of benzene rings is 2. The Hall–Kier alpha value is -2.76. The lowest BCUT2D eigenvalue weighted by Gasteiger charge is -2.17. The smallest absolute Gasteiger partial charge is 0.335 e. The van der Waals surface area contributed by atoms with Crippen LogP contribution in [0, 0.1) is 17.6 Å². The maximum absolute atomic E-state index is 14.0. The molecule has 0 saturated carbocycles. The highest BCUT2D eigenvalue weighted by Crippen LogP contribution is 2.23. The summed E-state index contributed by atoms with van der Waals surface area (Å²) in [7, 11) is 0. The summed E-state index contributed by atoms with van der Waals surface area (Å²) in [5, 5.41) is 8.86. The number of carboxylic acid groups (broad SMARTS) is 1. The molecule has 25 heavy (non-hydrogen) atoms. The normalized spacial score (nSPS) is 16.9. The maximum atomic E-state index is 14.0. The summed E-state index contributed by atoms with van der Waals surface area (Å²) in [6.45, 7) is 1.02. The van der Waals surface area contributed by atoms with Gasteiger partial charge >= 0.3 is 5.97 Å². The second kappa shape index (κ2) is 7.01. The first-order chi connectivity index (χ1) is 11.9. The number of halogens is 2. The van der Waals surface area contributed by atoms with Crippen LogP contribution in [0.5, 0.6) is 0 Å². The predicted molar refractivity (Wildman–Crippen MR) is 87.5 cm³/mol. The van der Waals surface area contributed by atoms with Crippen LogP contribution in [0.3, 0.4) is 0 Å². The van der Waals surface area contributed by atoms with E-state index in [1.807, 2.05) is 0 Å². The third-order valence-electron chi connectivity index (χ3n) is 4.46. The lowest BCUT2D eigenvalue weighted by Crippen LogP contribution is -2.29. The maximum Gasteiger partial charge on any atom is 0.335 e. The van der Waals surface area contributed by atoms with Crippen LogP contribution in [0.1, 0.15) is 32.7 Å². The number of nitrogens with zero attached hydrogens (tertiary/aromatic N) is 1. The van der Waals surface area contributed by atoms with Crippen molar-refractivity contribution in [1.82, 2.24) is 4.90 Å². The molecule has 0 radical (unpaired) electrons. The highest BCUT2D eigenvalue weighted by atomic mass is 19.1. The zero-order chi connectivity index (χ0) is 18.0. The number of likely N-dealkylation sites (tertiary alicyclic amines) is 1. The summed E-state index contributed by atoms with van der Waals surface area (Å²) in [5.41, 5.74) is 0.690. The van der Waals surface area contributed by atoms with Gasteiger partial charge in [0.05, 0.1) is 11.1 Å². The van der Waals surface area contributed by atoms with Crippen molar-refractivity contribution in [2.24, 2.45) is 5.92 Å². The number of aromatic carboxylic acids is 1. The highest BCUT2D eigenvalue weighted by Gasteiger charge is 2.28. The standard InChI is InChI=1S/C19H17F2NO3/c20-15-4-1-12(2-5-15)9-13-7-8-22(11-13)18(23)16-6-3-14(19(24)25)10-17(16)21/h1-6,10,13H,7-9,11H2,(H,24,25). The van der Waals surface area contributed by atoms with Crippen LogP contribution in [0.15, 0.2) is 42.5 Å². The quantitative estimate of drug-likeness (QED) is 0.924. The third-order valence-corrected chi connectivity index (χ3v) is 4.46. The summed E-state index contributed by atoms with van der Waals surface area (Å²) in [4.78, 5) is 24.9. The monoisotopic (exact) mass is 345 g/mol. The second-order valence-corrected chi connectivity index (χ2v) is 6.24. The average Bonchev–Trinajstić information content (AvgIpc) is 3.04. The van der Waals surface area contributed by atoms with Crippen molar-refractivity contribution < 1.29 is 23.5 Å². The molecule has 6 heteroatoms. The molecular weight excluding hydrogens is 328 g/mol. The second-order valence-electron chi connectivity index (χ2n) is 6.24. The van der Waals surface area contributed by atoms with E-state index in [2.05, 4.69) is 0 Å². The van der Waals surface area contributed by atoms with Crippen LogP contribution in [0.4, 0.5) is 8.78 Å². The van der Waals surface area contributed by atoms with Crippen molar-refractivity contribution in [2.75, 3.05) is 13.1 Å². The Labute approximate surface area is 143 Å². The summed E-state index contributed by atoms with van der Waals surface area (Å²) < 4.78 is 27.0. The molecule has 1 aliphatic heterocycles. The first-order valence-corrected chi connectivity index (χ1v) is 8.00. The van der Waals surface area contributed by atoms with Crippen LogP contribution in [-0.4, -0.2) is 35.0 Å². The lowest BCUT2D eigenvalue weighted by molar-refractivity contribution is 0.0693. The van der Waals surface area contributed by atoms with E-state index in [0.29, 0.717) is 13.1 Å². The first kappa shape index (κ1) is 17.1. The molecule has 1 atom stereocenters. The van der Waals surface area contributed by atoms with Gasteiger partial charge in [-0.25, -0.2) is 13.6 Å². The molecule has 1 saturated heterocycles. The number of amides is 1. The Kier molecular flexibility index (Phi) is 4.79. The van der Waals surface area contributed by atoms with E-state index in [-0.39, 0.29) is 22.9 Å². The number of carbonyl (C=O) groups excluding carboxylic acids is 1. The van der Waals surface area contributed by atoms with E-state index in [4.69, 9.17) is 5.11 Å². The molecule has 1 N–H and O–H groups in total. The van der Waals surface area contributed by atoms with Gasteiger partial charge in [0.15, 0.2) is 0 Å². The van der Waals surface area contributed by atoms with Crippen LogP contribution in [0.25, 0.3) is 0 Å². The van der Waals surface area contributed by atoms with Gasteiger partial charge in [-0.05, 0) is 54.7 Å². The number of rotatable bonds is 4. The summed E-state index contributed by atoms with van der Waals surface area (Å²) in [6, 6.07) is 9.58. The van der Waals surface area contributed by atoms with Gasteiger partial charge in [0.2, 0.25) is 0 Å². The van der Waals surface area contributed by atoms with Crippen molar-refractivity contribution >= 4 is 11.9 Å². The van der Waals surface area contributed by atoms with Crippen LogP contribution in [0.2, 0.25) is 0 Å². The van der Waals surface area contributed by atoms with Gasteiger partial charge in [-0.3, -0.25) is 4.79 Å². The van der Waals surface area contributed by atoms with E-state index >= 15 is 0 Å². The van der Waals surface area contributed by atoms with Gasteiger partial charge in [0, 0.05) is 13.1 Å². The first-order valence-electron chi connectivity index (χ1n) is 8.00. The summed E-state index contributed by atoms with van der Waals surface area (Å²) in [6.07, 6.45) is 1.52. The van der Waals surface area contributed by atoms with Gasteiger partial charge in [0.25, 0.3) is 5.91 Å². The highest BCUT2D eigenvalue weighted by molar-refractivity contribution is 5.96. The third kappa shape index (κ3) is 3.84. The van der Waals surface area contributed by atoms with Crippen LogP contribution >= 0.6 is 0 Å². The molecule has 1 aliphatic rings. The van der Waals surface area contributed by atoms with Crippen molar-refractivity contribution in [1.29, 1.82) is 0 Å². The molecular formula is C19H17F2NO3. The molecule has 1 fully saturated rings. The fraction of sp³-hybridized carbons (Fsp3) is 0.263. The largest absolute Gasteiger partial charge is 0.478 e. The van der Waals surface area contributed by atoms with E-state index in [1.165, 1.54) is 24.3 Å². The molecule has 3 rings (SSSR count). The molecule has 1 amide bonds. The lowest BCUT2D eigenvalue weighted by atomic mass is 9.99. The number of hydrogen-bond donors (Lipinski definition) is 1. The minimum absolute atomic E-state index is 0.118. The van der Waals surface area contributed by atoms with E-state index in [0.717, 1.165) is 24.5 Å². The van der Waals surface area contributed by atoms with E-state index < -0.39 is 17.7 Å².